The van der Waals surface area contributed by atoms with Crippen LogP contribution in [0.2, 0.25) is 0 Å². The highest BCUT2D eigenvalue weighted by atomic mass is 16.6. The number of carbonyl (C=O) groups is 2. The third kappa shape index (κ3) is 0.958. The van der Waals surface area contributed by atoms with Crippen LogP contribution in [0.3, 0.4) is 0 Å². The van der Waals surface area contributed by atoms with E-state index in [2.05, 4.69) is 0 Å². The number of carbonyl (C=O) groups excluding carboxylic acids is 2. The molecule has 3 heteroatoms. The third-order valence-corrected chi connectivity index (χ3v) is 3.08. The van der Waals surface area contributed by atoms with Crippen LogP contribution in [0, 0.1) is 17.8 Å². The summed E-state index contributed by atoms with van der Waals surface area (Å²) in [7, 11) is 0. The highest BCUT2D eigenvalue weighted by Crippen LogP contribution is 2.43. The van der Waals surface area contributed by atoms with E-state index in [9.17, 15) is 9.59 Å². The molecule has 2 rings (SSSR count). The zero-order chi connectivity index (χ0) is 8.72. The molecule has 0 aromatic heterocycles. The molecule has 0 spiro atoms. The molecular weight excluding hydrogens is 156 g/mol. The van der Waals surface area contributed by atoms with Crippen molar-refractivity contribution in [3.8, 4) is 0 Å². The van der Waals surface area contributed by atoms with Crippen molar-refractivity contribution in [1.82, 2.24) is 0 Å². The van der Waals surface area contributed by atoms with E-state index in [1.165, 1.54) is 0 Å². The predicted molar refractivity (Wildman–Crippen MR) is 41.3 cm³/mol. The number of fused-ring (bicyclic) bond motifs is 1. The standard InChI is InChI=1S/C9H12O3/c1-5-2-8-6(7(5)4-10)3-9(11)12-8/h4-8H,2-3H2,1H3/t5-,6-,7?,8+/m1/s1. The van der Waals surface area contributed by atoms with Crippen LogP contribution >= 0.6 is 0 Å². The van der Waals surface area contributed by atoms with Crippen LogP contribution in [-0.2, 0) is 14.3 Å². The van der Waals surface area contributed by atoms with Gasteiger partial charge in [-0.1, -0.05) is 6.92 Å². The summed E-state index contributed by atoms with van der Waals surface area (Å²) in [4.78, 5) is 21.6. The van der Waals surface area contributed by atoms with Crippen LogP contribution in [0.1, 0.15) is 19.8 Å². The van der Waals surface area contributed by atoms with Crippen LogP contribution in [0.15, 0.2) is 0 Å². The van der Waals surface area contributed by atoms with Gasteiger partial charge in [0.15, 0.2) is 0 Å². The summed E-state index contributed by atoms with van der Waals surface area (Å²) in [6.07, 6.45) is 2.32. The Hall–Kier alpha value is -0.860. The second-order valence-corrected chi connectivity index (χ2v) is 3.82. The highest BCUT2D eigenvalue weighted by molar-refractivity contribution is 5.73. The van der Waals surface area contributed by atoms with E-state index >= 15 is 0 Å². The average molecular weight is 168 g/mol. The first-order chi connectivity index (χ1) is 5.72. The first-order valence-corrected chi connectivity index (χ1v) is 4.37. The monoisotopic (exact) mass is 168 g/mol. The van der Waals surface area contributed by atoms with E-state index < -0.39 is 0 Å². The summed E-state index contributed by atoms with van der Waals surface area (Å²) in [6.45, 7) is 2.05. The summed E-state index contributed by atoms with van der Waals surface area (Å²) in [6, 6.07) is 0. The molecular formula is C9H12O3. The van der Waals surface area contributed by atoms with Gasteiger partial charge in [-0.3, -0.25) is 4.79 Å². The van der Waals surface area contributed by atoms with Gasteiger partial charge in [-0.05, 0) is 12.3 Å². The van der Waals surface area contributed by atoms with Crippen molar-refractivity contribution in [2.45, 2.75) is 25.9 Å². The minimum Gasteiger partial charge on any atom is -0.462 e. The lowest BCUT2D eigenvalue weighted by Gasteiger charge is -2.10. The highest BCUT2D eigenvalue weighted by Gasteiger charge is 2.48. The largest absolute Gasteiger partial charge is 0.462 e. The Labute approximate surface area is 71.1 Å². The molecule has 1 unspecified atom stereocenters. The fourth-order valence-electron chi connectivity index (χ4n) is 2.42. The lowest BCUT2D eigenvalue weighted by atomic mass is 9.90. The van der Waals surface area contributed by atoms with Gasteiger partial charge in [0.25, 0.3) is 0 Å². The molecule has 3 nitrogen and oxygen atoms in total. The molecule has 2 aliphatic rings. The second-order valence-electron chi connectivity index (χ2n) is 3.82. The topological polar surface area (TPSA) is 43.4 Å². The van der Waals surface area contributed by atoms with E-state index in [1.54, 1.807) is 0 Å². The van der Waals surface area contributed by atoms with Crippen LogP contribution < -0.4 is 0 Å². The molecule has 0 N–H and O–H groups in total. The van der Waals surface area contributed by atoms with E-state index in [-0.39, 0.29) is 23.9 Å². The summed E-state index contributed by atoms with van der Waals surface area (Å²) in [5.74, 6) is 0.459. The van der Waals surface area contributed by atoms with Gasteiger partial charge in [0.05, 0.1) is 6.42 Å². The molecule has 0 aromatic rings. The van der Waals surface area contributed by atoms with Gasteiger partial charge in [-0.25, -0.2) is 0 Å². The van der Waals surface area contributed by atoms with Crippen LogP contribution in [0.4, 0.5) is 0 Å². The number of ether oxygens (including phenoxy) is 1. The molecule has 1 saturated heterocycles. The Bertz CT molecular complexity index is 224. The first kappa shape index (κ1) is 7.77. The van der Waals surface area contributed by atoms with Crippen molar-refractivity contribution in [2.75, 3.05) is 0 Å². The summed E-state index contributed by atoms with van der Waals surface area (Å²) in [5.41, 5.74) is 0. The zero-order valence-electron chi connectivity index (χ0n) is 7.03. The molecule has 0 radical (unpaired) electrons. The molecule has 0 amide bonds. The summed E-state index contributed by atoms with van der Waals surface area (Å²) in [5, 5.41) is 0. The van der Waals surface area contributed by atoms with Crippen molar-refractivity contribution in [2.24, 2.45) is 17.8 Å². The summed E-state index contributed by atoms with van der Waals surface area (Å²) < 4.78 is 5.09. The number of rotatable bonds is 1. The van der Waals surface area contributed by atoms with Crippen LogP contribution in [0.25, 0.3) is 0 Å². The molecule has 12 heavy (non-hydrogen) atoms. The Balaban J connectivity index is 2.16. The van der Waals surface area contributed by atoms with Gasteiger partial charge in [-0.15, -0.1) is 0 Å². The van der Waals surface area contributed by atoms with E-state index in [1.807, 2.05) is 6.92 Å². The Morgan fingerprint density at radius 3 is 3.00 bits per heavy atom. The quantitative estimate of drug-likeness (QED) is 0.429. The smallest absolute Gasteiger partial charge is 0.306 e. The molecule has 4 atom stereocenters. The minimum atomic E-state index is -0.135. The molecule has 1 aliphatic carbocycles. The fraction of sp³-hybridized carbons (Fsp3) is 0.778. The SMILES string of the molecule is C[C@@H]1C[C@@H]2OC(=O)C[C@@H]2C1C=O. The maximum Gasteiger partial charge on any atom is 0.306 e. The molecule has 0 aromatic carbocycles. The van der Waals surface area contributed by atoms with Gasteiger partial charge in [0.1, 0.15) is 12.4 Å². The Kier molecular flexibility index (Phi) is 1.67. The van der Waals surface area contributed by atoms with Crippen molar-refractivity contribution in [3.05, 3.63) is 0 Å². The molecule has 0 bridgehead atoms. The normalized spacial score (nSPS) is 45.6. The number of esters is 1. The van der Waals surface area contributed by atoms with Crippen molar-refractivity contribution in [3.63, 3.8) is 0 Å². The Morgan fingerprint density at radius 1 is 1.58 bits per heavy atom. The van der Waals surface area contributed by atoms with Gasteiger partial charge in [-0.2, -0.15) is 0 Å². The van der Waals surface area contributed by atoms with Gasteiger partial charge in [0, 0.05) is 11.8 Å². The third-order valence-electron chi connectivity index (χ3n) is 3.08. The minimum absolute atomic E-state index is 0.0303. The second kappa shape index (κ2) is 2.57. The number of hydrogen-bond donors (Lipinski definition) is 0. The maximum absolute atomic E-state index is 10.9. The maximum atomic E-state index is 10.9. The lowest BCUT2D eigenvalue weighted by Crippen LogP contribution is -2.16. The van der Waals surface area contributed by atoms with Gasteiger partial charge >= 0.3 is 5.97 Å². The first-order valence-electron chi connectivity index (χ1n) is 4.37. The Morgan fingerprint density at radius 2 is 2.33 bits per heavy atom. The number of hydrogen-bond acceptors (Lipinski definition) is 3. The molecule has 2 fully saturated rings. The zero-order valence-corrected chi connectivity index (χ0v) is 7.03. The van der Waals surface area contributed by atoms with Crippen molar-refractivity contribution in [1.29, 1.82) is 0 Å². The lowest BCUT2D eigenvalue weighted by molar-refractivity contribution is -0.141. The fourth-order valence-corrected chi connectivity index (χ4v) is 2.42. The molecule has 66 valence electrons. The molecule has 1 aliphatic heterocycles. The van der Waals surface area contributed by atoms with E-state index in [0.29, 0.717) is 12.3 Å². The van der Waals surface area contributed by atoms with E-state index in [0.717, 1.165) is 12.7 Å². The van der Waals surface area contributed by atoms with Crippen molar-refractivity contribution >= 4 is 12.3 Å². The average Bonchev–Trinajstić information content (AvgIpc) is 2.43. The number of aldehydes is 1. The predicted octanol–water partition coefficient (Wildman–Crippen LogP) is 0.773. The molecule has 1 heterocycles. The summed E-state index contributed by atoms with van der Waals surface area (Å²) >= 11 is 0. The van der Waals surface area contributed by atoms with Crippen LogP contribution in [-0.4, -0.2) is 18.4 Å². The van der Waals surface area contributed by atoms with Gasteiger partial charge < -0.3 is 9.53 Å². The van der Waals surface area contributed by atoms with Gasteiger partial charge in [0.2, 0.25) is 0 Å². The van der Waals surface area contributed by atoms with E-state index in [4.69, 9.17) is 4.74 Å². The molecule has 1 saturated carbocycles. The van der Waals surface area contributed by atoms with Crippen LogP contribution in [0.5, 0.6) is 0 Å². The van der Waals surface area contributed by atoms with Crippen molar-refractivity contribution < 1.29 is 14.3 Å².